The van der Waals surface area contributed by atoms with Crippen molar-refractivity contribution in [1.82, 2.24) is 19.7 Å². The van der Waals surface area contributed by atoms with E-state index in [0.717, 1.165) is 18.5 Å². The zero-order valence-electron chi connectivity index (χ0n) is 14.8. The van der Waals surface area contributed by atoms with Crippen LogP contribution in [0.3, 0.4) is 0 Å². The van der Waals surface area contributed by atoms with Crippen LogP contribution in [-0.2, 0) is 11.8 Å². The molecule has 26 heavy (non-hydrogen) atoms. The molecule has 8 heteroatoms. The van der Waals surface area contributed by atoms with Crippen molar-refractivity contribution < 1.29 is 14.3 Å². The highest BCUT2D eigenvalue weighted by atomic mass is 16.5. The molecule has 138 valence electrons. The van der Waals surface area contributed by atoms with Gasteiger partial charge < -0.3 is 19.4 Å². The predicted octanol–water partition coefficient (Wildman–Crippen LogP) is 0.801. The Balaban J connectivity index is 1.48. The molecule has 1 N–H and O–H groups in total. The molecule has 3 heterocycles. The van der Waals surface area contributed by atoms with Crippen LogP contribution in [0.1, 0.15) is 34.9 Å². The predicted molar refractivity (Wildman–Crippen MR) is 93.4 cm³/mol. The number of hydrogen-bond donors (Lipinski definition) is 1. The van der Waals surface area contributed by atoms with Gasteiger partial charge in [-0.2, -0.15) is 5.10 Å². The van der Waals surface area contributed by atoms with E-state index in [0.29, 0.717) is 25.0 Å². The van der Waals surface area contributed by atoms with Crippen molar-refractivity contribution in [2.45, 2.75) is 38.0 Å². The number of aryl methyl sites for hydroxylation is 2. The summed E-state index contributed by atoms with van der Waals surface area (Å²) in [6.45, 7) is 2.61. The number of hydrogen-bond acceptors (Lipinski definition) is 5. The number of carbonyl (C=O) groups is 1. The van der Waals surface area contributed by atoms with E-state index in [1.807, 2.05) is 11.5 Å². The molecule has 4 rings (SSSR count). The average Bonchev–Trinajstić information content (AvgIpc) is 3.22. The van der Waals surface area contributed by atoms with Crippen LogP contribution in [0.25, 0.3) is 0 Å². The van der Waals surface area contributed by atoms with Crippen molar-refractivity contribution in [2.75, 3.05) is 13.2 Å². The summed E-state index contributed by atoms with van der Waals surface area (Å²) < 4.78 is 15.0. The van der Waals surface area contributed by atoms with Gasteiger partial charge in [-0.3, -0.25) is 14.3 Å². The quantitative estimate of drug-likeness (QED) is 0.854. The highest BCUT2D eigenvalue weighted by Crippen LogP contribution is 2.35. The minimum atomic E-state index is -0.389. The van der Waals surface area contributed by atoms with E-state index < -0.39 is 0 Å². The fourth-order valence-corrected chi connectivity index (χ4v) is 3.23. The average molecular weight is 358 g/mol. The molecule has 1 amide bonds. The van der Waals surface area contributed by atoms with Crippen molar-refractivity contribution >= 4 is 5.91 Å². The Labute approximate surface area is 150 Å². The monoisotopic (exact) mass is 358 g/mol. The van der Waals surface area contributed by atoms with Gasteiger partial charge in [-0.15, -0.1) is 0 Å². The van der Waals surface area contributed by atoms with Crippen LogP contribution in [0, 0.1) is 6.92 Å². The molecule has 2 fully saturated rings. The number of nitrogens with zero attached hydrogens (tertiary/aromatic N) is 3. The van der Waals surface area contributed by atoms with Crippen LogP contribution in [0.15, 0.2) is 29.5 Å². The molecule has 2 aliphatic rings. The minimum Gasteiger partial charge on any atom is -0.482 e. The summed E-state index contributed by atoms with van der Waals surface area (Å²) in [7, 11) is 1.81. The van der Waals surface area contributed by atoms with Gasteiger partial charge in [0.2, 0.25) is 0 Å². The zero-order valence-corrected chi connectivity index (χ0v) is 14.8. The van der Waals surface area contributed by atoms with Crippen LogP contribution in [0.4, 0.5) is 0 Å². The number of pyridine rings is 1. The summed E-state index contributed by atoms with van der Waals surface area (Å²) >= 11 is 0. The third-order valence-electron chi connectivity index (χ3n) is 4.78. The Bertz CT molecular complexity index is 884. The standard InChI is InChI=1S/C18H22N4O4/c1-11-5-16(23)14(8-22(11)12-3-4-12)18(24)20-15-9-25-10-17(15)26-13-6-19-21(2)7-13/h5-8,12,15,17H,3-4,9-10H2,1-2H3,(H,20,24)/t15-,17+/m0/s1. The summed E-state index contributed by atoms with van der Waals surface area (Å²) in [5, 5.41) is 6.95. The Hall–Kier alpha value is -2.61. The fraction of sp³-hybridized carbons (Fsp3) is 0.500. The summed E-state index contributed by atoms with van der Waals surface area (Å²) in [6.07, 6.45) is 6.90. The molecule has 0 aromatic carbocycles. The molecule has 2 aromatic rings. The van der Waals surface area contributed by atoms with E-state index in [2.05, 4.69) is 10.4 Å². The number of ether oxygens (including phenoxy) is 2. The lowest BCUT2D eigenvalue weighted by Crippen LogP contribution is -2.46. The Morgan fingerprint density at radius 2 is 2.15 bits per heavy atom. The Morgan fingerprint density at radius 1 is 1.35 bits per heavy atom. The SMILES string of the molecule is Cc1cc(=O)c(C(=O)N[C@H]2COC[C@H]2Oc2cnn(C)c2)cn1C1CC1. The molecular weight excluding hydrogens is 336 g/mol. The van der Waals surface area contributed by atoms with Crippen LogP contribution < -0.4 is 15.5 Å². The molecular formula is C18H22N4O4. The molecule has 0 radical (unpaired) electrons. The zero-order chi connectivity index (χ0) is 18.3. The van der Waals surface area contributed by atoms with Crippen LogP contribution >= 0.6 is 0 Å². The number of rotatable bonds is 5. The van der Waals surface area contributed by atoms with Gasteiger partial charge in [0.05, 0.1) is 31.6 Å². The molecule has 2 atom stereocenters. The van der Waals surface area contributed by atoms with Gasteiger partial charge in [0.1, 0.15) is 11.7 Å². The number of aromatic nitrogens is 3. The fourth-order valence-electron chi connectivity index (χ4n) is 3.23. The van der Waals surface area contributed by atoms with E-state index in [-0.39, 0.29) is 29.0 Å². The molecule has 0 unspecified atom stereocenters. The van der Waals surface area contributed by atoms with Gasteiger partial charge in [0.15, 0.2) is 11.2 Å². The maximum absolute atomic E-state index is 12.7. The molecule has 1 aliphatic heterocycles. The number of amides is 1. The molecule has 1 saturated carbocycles. The lowest BCUT2D eigenvalue weighted by Gasteiger charge is -2.20. The number of carbonyl (C=O) groups excluding carboxylic acids is 1. The first kappa shape index (κ1) is 16.8. The largest absolute Gasteiger partial charge is 0.482 e. The van der Waals surface area contributed by atoms with Crippen LogP contribution in [0.5, 0.6) is 5.75 Å². The Morgan fingerprint density at radius 3 is 2.85 bits per heavy atom. The van der Waals surface area contributed by atoms with Gasteiger partial charge in [-0.1, -0.05) is 0 Å². The molecule has 1 aliphatic carbocycles. The second-order valence-corrected chi connectivity index (χ2v) is 6.95. The third-order valence-corrected chi connectivity index (χ3v) is 4.78. The Kier molecular flexibility index (Phi) is 4.28. The summed E-state index contributed by atoms with van der Waals surface area (Å²) in [5.41, 5.74) is 0.783. The molecule has 1 saturated heterocycles. The highest BCUT2D eigenvalue weighted by Gasteiger charge is 2.33. The van der Waals surface area contributed by atoms with Gasteiger partial charge in [-0.05, 0) is 19.8 Å². The van der Waals surface area contributed by atoms with Crippen molar-refractivity contribution in [3.8, 4) is 5.75 Å². The maximum atomic E-state index is 12.7. The van der Waals surface area contributed by atoms with Crippen LogP contribution in [0.2, 0.25) is 0 Å². The first-order valence-electron chi connectivity index (χ1n) is 8.78. The van der Waals surface area contributed by atoms with E-state index in [1.165, 1.54) is 6.07 Å². The summed E-state index contributed by atoms with van der Waals surface area (Å²) in [6, 6.07) is 1.61. The van der Waals surface area contributed by atoms with Gasteiger partial charge in [0, 0.05) is 31.0 Å². The van der Waals surface area contributed by atoms with Gasteiger partial charge in [-0.25, -0.2) is 0 Å². The molecule has 2 aromatic heterocycles. The van der Waals surface area contributed by atoms with E-state index >= 15 is 0 Å². The number of nitrogens with one attached hydrogen (secondary N) is 1. The first-order valence-corrected chi connectivity index (χ1v) is 8.78. The lowest BCUT2D eigenvalue weighted by molar-refractivity contribution is 0.0902. The minimum absolute atomic E-state index is 0.162. The van der Waals surface area contributed by atoms with E-state index in [1.54, 1.807) is 30.3 Å². The molecule has 0 bridgehead atoms. The summed E-state index contributed by atoms with van der Waals surface area (Å²) in [4.78, 5) is 25.0. The lowest BCUT2D eigenvalue weighted by atomic mass is 10.1. The van der Waals surface area contributed by atoms with Gasteiger partial charge in [0.25, 0.3) is 5.91 Å². The van der Waals surface area contributed by atoms with Crippen LogP contribution in [-0.4, -0.2) is 45.6 Å². The molecule has 8 nitrogen and oxygen atoms in total. The van der Waals surface area contributed by atoms with Crippen molar-refractivity contribution in [2.24, 2.45) is 7.05 Å². The topological polar surface area (TPSA) is 87.4 Å². The van der Waals surface area contributed by atoms with E-state index in [9.17, 15) is 9.59 Å². The molecule has 0 spiro atoms. The summed E-state index contributed by atoms with van der Waals surface area (Å²) in [5.74, 6) is 0.230. The highest BCUT2D eigenvalue weighted by molar-refractivity contribution is 5.94. The second-order valence-electron chi connectivity index (χ2n) is 6.95. The van der Waals surface area contributed by atoms with Crippen molar-refractivity contribution in [1.29, 1.82) is 0 Å². The third kappa shape index (κ3) is 3.37. The van der Waals surface area contributed by atoms with E-state index in [4.69, 9.17) is 9.47 Å². The smallest absolute Gasteiger partial charge is 0.257 e. The second kappa shape index (κ2) is 6.60. The first-order chi connectivity index (χ1) is 12.5. The van der Waals surface area contributed by atoms with Gasteiger partial charge >= 0.3 is 0 Å². The maximum Gasteiger partial charge on any atom is 0.257 e. The van der Waals surface area contributed by atoms with Crippen molar-refractivity contribution in [3.05, 3.63) is 46.1 Å². The normalized spacial score (nSPS) is 22.4. The van der Waals surface area contributed by atoms with Crippen molar-refractivity contribution in [3.63, 3.8) is 0 Å².